The van der Waals surface area contributed by atoms with Crippen molar-refractivity contribution in [3.05, 3.63) is 16.1 Å². The summed E-state index contributed by atoms with van der Waals surface area (Å²) in [5.74, 6) is 3.28. The Balaban J connectivity index is 1.96. The minimum absolute atomic E-state index is 0.672. The van der Waals surface area contributed by atoms with Gasteiger partial charge in [-0.3, -0.25) is 0 Å². The third kappa shape index (κ3) is 3.29. The van der Waals surface area contributed by atoms with E-state index in [1.165, 1.54) is 12.8 Å². The minimum atomic E-state index is 0.672. The highest BCUT2D eigenvalue weighted by Crippen LogP contribution is 2.45. The molecule has 4 nitrogen and oxygen atoms in total. The number of piperidine rings is 1. The molecule has 2 heterocycles. The van der Waals surface area contributed by atoms with Crippen molar-refractivity contribution in [3.8, 4) is 17.2 Å². The van der Waals surface area contributed by atoms with Gasteiger partial charge in [0.2, 0.25) is 0 Å². The lowest BCUT2D eigenvalue weighted by molar-refractivity contribution is 0.293. The van der Waals surface area contributed by atoms with Crippen molar-refractivity contribution < 1.29 is 14.2 Å². The van der Waals surface area contributed by atoms with E-state index >= 15 is 0 Å². The summed E-state index contributed by atoms with van der Waals surface area (Å²) in [6, 6.07) is 1.96. The van der Waals surface area contributed by atoms with E-state index in [2.05, 4.69) is 21.2 Å². The van der Waals surface area contributed by atoms with Gasteiger partial charge in [0.1, 0.15) is 5.75 Å². The summed E-state index contributed by atoms with van der Waals surface area (Å²) in [6.07, 6.45) is 4.30. The Hall–Kier alpha value is -0.940. The van der Waals surface area contributed by atoms with Gasteiger partial charge in [0.05, 0.1) is 24.8 Å². The number of nitrogens with one attached hydrogen (secondary N) is 1. The van der Waals surface area contributed by atoms with Gasteiger partial charge in [0.15, 0.2) is 11.5 Å². The Bertz CT molecular complexity index is 501. The molecule has 3 rings (SSSR count). The Kier molecular flexibility index (Phi) is 4.91. The van der Waals surface area contributed by atoms with E-state index in [1.54, 1.807) is 7.11 Å². The summed E-state index contributed by atoms with van der Waals surface area (Å²) >= 11 is 3.60. The van der Waals surface area contributed by atoms with Crippen LogP contribution in [-0.2, 0) is 6.42 Å². The fourth-order valence-corrected chi connectivity index (χ4v) is 3.71. The summed E-state index contributed by atoms with van der Waals surface area (Å²) in [4.78, 5) is 0. The first-order chi connectivity index (χ1) is 10.3. The minimum Gasteiger partial charge on any atom is -0.495 e. The van der Waals surface area contributed by atoms with Crippen molar-refractivity contribution in [2.45, 2.75) is 25.7 Å². The Labute approximate surface area is 134 Å². The van der Waals surface area contributed by atoms with Crippen LogP contribution in [0.25, 0.3) is 0 Å². The zero-order valence-electron chi connectivity index (χ0n) is 12.4. The third-order valence-corrected chi connectivity index (χ3v) is 4.78. The SMILES string of the molecule is COc1c(Br)cc2c(c1CC1CCNCC1)OCCCO2. The quantitative estimate of drug-likeness (QED) is 0.903. The van der Waals surface area contributed by atoms with Crippen molar-refractivity contribution in [1.82, 2.24) is 5.32 Å². The summed E-state index contributed by atoms with van der Waals surface area (Å²) in [5, 5.41) is 3.42. The van der Waals surface area contributed by atoms with Crippen LogP contribution in [0.3, 0.4) is 0 Å². The molecule has 116 valence electrons. The maximum absolute atomic E-state index is 5.98. The average molecular weight is 356 g/mol. The van der Waals surface area contributed by atoms with Crippen LogP contribution in [0.2, 0.25) is 0 Å². The number of benzene rings is 1. The molecule has 5 heteroatoms. The van der Waals surface area contributed by atoms with Gasteiger partial charge in [0, 0.05) is 18.1 Å². The first-order valence-corrected chi connectivity index (χ1v) is 8.44. The fourth-order valence-electron chi connectivity index (χ4n) is 3.10. The van der Waals surface area contributed by atoms with Gasteiger partial charge in [-0.25, -0.2) is 0 Å². The molecule has 0 saturated carbocycles. The number of rotatable bonds is 3. The second kappa shape index (κ2) is 6.88. The van der Waals surface area contributed by atoms with Gasteiger partial charge in [0.25, 0.3) is 0 Å². The van der Waals surface area contributed by atoms with Crippen molar-refractivity contribution in [3.63, 3.8) is 0 Å². The van der Waals surface area contributed by atoms with E-state index in [1.807, 2.05) is 6.07 Å². The summed E-state index contributed by atoms with van der Waals surface area (Å²) in [7, 11) is 1.72. The van der Waals surface area contributed by atoms with Crippen LogP contribution < -0.4 is 19.5 Å². The molecule has 1 N–H and O–H groups in total. The van der Waals surface area contributed by atoms with Gasteiger partial charge >= 0.3 is 0 Å². The molecule has 0 unspecified atom stereocenters. The molecule has 1 aromatic carbocycles. The zero-order valence-corrected chi connectivity index (χ0v) is 14.0. The highest BCUT2D eigenvalue weighted by atomic mass is 79.9. The Morgan fingerprint density at radius 1 is 1.29 bits per heavy atom. The smallest absolute Gasteiger partial charge is 0.168 e. The Morgan fingerprint density at radius 3 is 2.81 bits per heavy atom. The fraction of sp³-hybridized carbons (Fsp3) is 0.625. The van der Waals surface area contributed by atoms with Crippen LogP contribution in [0.1, 0.15) is 24.8 Å². The van der Waals surface area contributed by atoms with Crippen LogP contribution in [-0.4, -0.2) is 33.4 Å². The largest absolute Gasteiger partial charge is 0.495 e. The van der Waals surface area contributed by atoms with Crippen LogP contribution in [0, 0.1) is 5.92 Å². The number of fused-ring (bicyclic) bond motifs is 1. The number of ether oxygens (including phenoxy) is 3. The molecule has 0 aromatic heterocycles. The average Bonchev–Trinajstić information content (AvgIpc) is 2.73. The monoisotopic (exact) mass is 355 g/mol. The summed E-state index contributed by atoms with van der Waals surface area (Å²) in [6.45, 7) is 3.61. The van der Waals surface area contributed by atoms with Crippen molar-refractivity contribution >= 4 is 15.9 Å². The lowest BCUT2D eigenvalue weighted by Gasteiger charge is -2.25. The molecule has 21 heavy (non-hydrogen) atoms. The zero-order chi connectivity index (χ0) is 14.7. The molecule has 0 radical (unpaired) electrons. The standard InChI is InChI=1S/C16H22BrNO3/c1-19-15-12(9-11-3-5-18-6-4-11)16-14(10-13(15)17)20-7-2-8-21-16/h10-11,18H,2-9H2,1H3. The van der Waals surface area contributed by atoms with Crippen LogP contribution >= 0.6 is 15.9 Å². The Morgan fingerprint density at radius 2 is 2.05 bits per heavy atom. The van der Waals surface area contributed by atoms with Crippen LogP contribution in [0.5, 0.6) is 17.2 Å². The molecule has 0 amide bonds. The van der Waals surface area contributed by atoms with E-state index in [9.17, 15) is 0 Å². The molecular weight excluding hydrogens is 334 g/mol. The summed E-state index contributed by atoms with van der Waals surface area (Å²) in [5.41, 5.74) is 1.15. The molecular formula is C16H22BrNO3. The number of halogens is 1. The molecule has 0 spiro atoms. The first kappa shape index (κ1) is 15.0. The number of hydrogen-bond donors (Lipinski definition) is 1. The molecule has 1 saturated heterocycles. The van der Waals surface area contributed by atoms with E-state index in [-0.39, 0.29) is 0 Å². The van der Waals surface area contributed by atoms with Crippen molar-refractivity contribution in [2.75, 3.05) is 33.4 Å². The lowest BCUT2D eigenvalue weighted by atomic mass is 9.90. The molecule has 1 fully saturated rings. The molecule has 0 aliphatic carbocycles. The van der Waals surface area contributed by atoms with E-state index in [0.717, 1.165) is 53.2 Å². The van der Waals surface area contributed by atoms with Gasteiger partial charge in [-0.05, 0) is 54.2 Å². The second-order valence-electron chi connectivity index (χ2n) is 5.65. The lowest BCUT2D eigenvalue weighted by Crippen LogP contribution is -2.28. The van der Waals surface area contributed by atoms with Gasteiger partial charge in [-0.1, -0.05) is 0 Å². The highest BCUT2D eigenvalue weighted by molar-refractivity contribution is 9.10. The van der Waals surface area contributed by atoms with Crippen LogP contribution in [0.4, 0.5) is 0 Å². The molecule has 1 aromatic rings. The van der Waals surface area contributed by atoms with Gasteiger partial charge in [-0.2, -0.15) is 0 Å². The predicted octanol–water partition coefficient (Wildman–Crippen LogP) is 3.16. The normalized spacial score (nSPS) is 19.1. The number of hydrogen-bond acceptors (Lipinski definition) is 4. The molecule has 0 bridgehead atoms. The van der Waals surface area contributed by atoms with Crippen molar-refractivity contribution in [2.24, 2.45) is 5.92 Å². The van der Waals surface area contributed by atoms with Crippen molar-refractivity contribution in [1.29, 1.82) is 0 Å². The van der Waals surface area contributed by atoms with Gasteiger partial charge in [-0.15, -0.1) is 0 Å². The highest BCUT2D eigenvalue weighted by Gasteiger charge is 2.25. The maximum Gasteiger partial charge on any atom is 0.168 e. The maximum atomic E-state index is 5.98. The predicted molar refractivity (Wildman–Crippen MR) is 85.6 cm³/mol. The third-order valence-electron chi connectivity index (χ3n) is 4.19. The van der Waals surface area contributed by atoms with E-state index in [0.29, 0.717) is 19.1 Å². The first-order valence-electron chi connectivity index (χ1n) is 7.65. The van der Waals surface area contributed by atoms with E-state index < -0.39 is 0 Å². The molecule has 2 aliphatic rings. The van der Waals surface area contributed by atoms with Crippen LogP contribution in [0.15, 0.2) is 10.5 Å². The molecule has 2 aliphatic heterocycles. The molecule has 0 atom stereocenters. The second-order valence-corrected chi connectivity index (χ2v) is 6.50. The topological polar surface area (TPSA) is 39.7 Å². The van der Waals surface area contributed by atoms with E-state index in [4.69, 9.17) is 14.2 Å². The van der Waals surface area contributed by atoms with Gasteiger partial charge < -0.3 is 19.5 Å². The summed E-state index contributed by atoms with van der Waals surface area (Å²) < 4.78 is 18.4. The number of methoxy groups -OCH3 is 1.